The second kappa shape index (κ2) is 10.1. The van der Waals surface area contributed by atoms with Gasteiger partial charge in [-0.15, -0.1) is 0 Å². The van der Waals surface area contributed by atoms with E-state index in [4.69, 9.17) is 4.74 Å². The van der Waals surface area contributed by atoms with Gasteiger partial charge in [0.1, 0.15) is 6.04 Å². The Morgan fingerprint density at radius 2 is 1.74 bits per heavy atom. The Bertz CT molecular complexity index is 902. The van der Waals surface area contributed by atoms with Crippen LogP contribution < -0.4 is 4.72 Å². The first-order chi connectivity index (χ1) is 14.8. The Labute approximate surface area is 182 Å². The van der Waals surface area contributed by atoms with Crippen molar-refractivity contribution in [3.63, 3.8) is 0 Å². The molecule has 2 aliphatic heterocycles. The normalized spacial score (nSPS) is 19.8. The molecule has 2 saturated heterocycles. The first-order valence-electron chi connectivity index (χ1n) is 10.4. The van der Waals surface area contributed by atoms with Crippen LogP contribution in [0.15, 0.2) is 35.2 Å². The van der Waals surface area contributed by atoms with E-state index in [2.05, 4.69) is 4.72 Å². The molecule has 1 unspecified atom stereocenters. The molecule has 170 valence electrons. The minimum atomic E-state index is -4.07. The number of esters is 1. The molecule has 11 heteroatoms. The van der Waals surface area contributed by atoms with Crippen LogP contribution in [-0.2, 0) is 24.3 Å². The van der Waals surface area contributed by atoms with Crippen molar-refractivity contribution in [1.29, 1.82) is 0 Å². The van der Waals surface area contributed by atoms with Crippen molar-refractivity contribution in [2.45, 2.75) is 30.7 Å². The quantitative estimate of drug-likeness (QED) is 0.615. The van der Waals surface area contributed by atoms with Gasteiger partial charge in [0.15, 0.2) is 0 Å². The van der Waals surface area contributed by atoms with Gasteiger partial charge in [0.2, 0.25) is 5.91 Å². The molecule has 0 bridgehead atoms. The van der Waals surface area contributed by atoms with Gasteiger partial charge in [-0.2, -0.15) is 0 Å². The van der Waals surface area contributed by atoms with Crippen LogP contribution in [0.1, 0.15) is 19.8 Å². The van der Waals surface area contributed by atoms with Crippen molar-refractivity contribution < 1.29 is 27.5 Å². The standard InChI is InChI=1S/C20H28N4O6S/c1-2-30-18(25)15-22-12-13-24(17(14-22)19(26)23-10-6-7-11-23)20(27)21-31(28,29)16-8-4-3-5-9-16/h3-5,8-9,17H,2,6-7,10-15H2,1H3,(H,21,27). The molecule has 10 nitrogen and oxygen atoms in total. The van der Waals surface area contributed by atoms with Crippen LogP contribution in [0.2, 0.25) is 0 Å². The van der Waals surface area contributed by atoms with Crippen LogP contribution in [-0.4, -0.2) is 92.9 Å². The number of hydrogen-bond acceptors (Lipinski definition) is 7. The molecule has 1 atom stereocenters. The van der Waals surface area contributed by atoms with Gasteiger partial charge < -0.3 is 14.5 Å². The molecule has 0 saturated carbocycles. The maximum atomic E-state index is 13.1. The van der Waals surface area contributed by atoms with Gasteiger partial charge in [-0.3, -0.25) is 14.5 Å². The van der Waals surface area contributed by atoms with Crippen LogP contribution in [0.4, 0.5) is 4.79 Å². The van der Waals surface area contributed by atoms with Gasteiger partial charge in [-0.25, -0.2) is 17.9 Å². The summed E-state index contributed by atoms with van der Waals surface area (Å²) in [4.78, 5) is 42.6. The lowest BCUT2D eigenvalue weighted by Gasteiger charge is -2.41. The molecular weight excluding hydrogens is 424 g/mol. The molecule has 2 heterocycles. The highest BCUT2D eigenvalue weighted by Crippen LogP contribution is 2.18. The molecule has 0 aliphatic carbocycles. The van der Waals surface area contributed by atoms with Crippen LogP contribution in [0.5, 0.6) is 0 Å². The van der Waals surface area contributed by atoms with Crippen molar-refractivity contribution in [2.24, 2.45) is 0 Å². The Balaban J connectivity index is 1.75. The molecule has 0 radical (unpaired) electrons. The molecule has 0 aromatic heterocycles. The molecule has 2 fully saturated rings. The van der Waals surface area contributed by atoms with Gasteiger partial charge in [0.05, 0.1) is 18.0 Å². The first kappa shape index (κ1) is 23.0. The smallest absolute Gasteiger partial charge is 0.332 e. The maximum Gasteiger partial charge on any atom is 0.332 e. The number of carbonyl (C=O) groups excluding carboxylic acids is 3. The molecule has 0 spiro atoms. The molecule has 1 N–H and O–H groups in total. The summed E-state index contributed by atoms with van der Waals surface area (Å²) in [6.45, 7) is 3.75. The van der Waals surface area contributed by atoms with Crippen molar-refractivity contribution in [1.82, 2.24) is 19.4 Å². The summed E-state index contributed by atoms with van der Waals surface area (Å²) in [5, 5.41) is 0. The highest BCUT2D eigenvalue weighted by Gasteiger charge is 2.39. The topological polar surface area (TPSA) is 116 Å². The number of ether oxygens (including phenoxy) is 1. The zero-order chi connectivity index (χ0) is 22.4. The van der Waals surface area contributed by atoms with E-state index < -0.39 is 28.1 Å². The number of sulfonamides is 1. The zero-order valence-corrected chi connectivity index (χ0v) is 18.3. The highest BCUT2D eigenvalue weighted by atomic mass is 32.2. The molecule has 2 aliphatic rings. The number of benzene rings is 1. The zero-order valence-electron chi connectivity index (χ0n) is 17.5. The summed E-state index contributed by atoms with van der Waals surface area (Å²) in [7, 11) is -4.07. The summed E-state index contributed by atoms with van der Waals surface area (Å²) < 4.78 is 32.2. The summed E-state index contributed by atoms with van der Waals surface area (Å²) in [6.07, 6.45) is 1.78. The molecule has 3 rings (SSSR count). The first-order valence-corrected chi connectivity index (χ1v) is 11.9. The number of rotatable bonds is 6. The van der Waals surface area contributed by atoms with E-state index in [0.717, 1.165) is 12.8 Å². The number of nitrogens with one attached hydrogen (secondary N) is 1. The fraction of sp³-hybridized carbons (Fsp3) is 0.550. The number of piperazine rings is 1. The van der Waals surface area contributed by atoms with E-state index in [1.54, 1.807) is 34.9 Å². The lowest BCUT2D eigenvalue weighted by molar-refractivity contribution is -0.147. The third kappa shape index (κ3) is 5.73. The fourth-order valence-corrected chi connectivity index (χ4v) is 4.79. The minimum absolute atomic E-state index is 0.00932. The average Bonchev–Trinajstić information content (AvgIpc) is 3.28. The summed E-state index contributed by atoms with van der Waals surface area (Å²) in [5.41, 5.74) is 0. The molecule has 1 aromatic carbocycles. The predicted molar refractivity (Wildman–Crippen MR) is 112 cm³/mol. The van der Waals surface area contributed by atoms with Crippen LogP contribution in [0.25, 0.3) is 0 Å². The van der Waals surface area contributed by atoms with Gasteiger partial charge in [-0.1, -0.05) is 18.2 Å². The highest BCUT2D eigenvalue weighted by molar-refractivity contribution is 7.90. The predicted octanol–water partition coefficient (Wildman–Crippen LogP) is 0.257. The third-order valence-electron chi connectivity index (χ3n) is 5.36. The Morgan fingerprint density at radius 1 is 1.06 bits per heavy atom. The van der Waals surface area contributed by atoms with Crippen LogP contribution in [0, 0.1) is 0 Å². The third-order valence-corrected chi connectivity index (χ3v) is 6.70. The van der Waals surface area contributed by atoms with E-state index in [1.165, 1.54) is 17.0 Å². The molecule has 31 heavy (non-hydrogen) atoms. The lowest BCUT2D eigenvalue weighted by Crippen LogP contribution is -2.63. The van der Waals surface area contributed by atoms with Gasteiger partial charge in [0, 0.05) is 32.7 Å². The van der Waals surface area contributed by atoms with Crippen molar-refractivity contribution in [3.8, 4) is 0 Å². The van der Waals surface area contributed by atoms with Crippen molar-refractivity contribution in [3.05, 3.63) is 30.3 Å². The number of urea groups is 1. The van der Waals surface area contributed by atoms with Gasteiger partial charge in [-0.05, 0) is 31.9 Å². The Hall–Kier alpha value is -2.66. The lowest BCUT2D eigenvalue weighted by atomic mass is 10.1. The fourth-order valence-electron chi connectivity index (χ4n) is 3.81. The molecular formula is C20H28N4O6S. The summed E-state index contributed by atoms with van der Waals surface area (Å²) in [5.74, 6) is -0.641. The van der Waals surface area contributed by atoms with Crippen LogP contribution in [0.3, 0.4) is 0 Å². The largest absolute Gasteiger partial charge is 0.465 e. The monoisotopic (exact) mass is 452 g/mol. The van der Waals surface area contributed by atoms with E-state index in [9.17, 15) is 22.8 Å². The second-order valence-corrected chi connectivity index (χ2v) is 9.19. The number of nitrogens with zero attached hydrogens (tertiary/aromatic N) is 3. The van der Waals surface area contributed by atoms with E-state index in [0.29, 0.717) is 19.6 Å². The van der Waals surface area contributed by atoms with E-state index >= 15 is 0 Å². The van der Waals surface area contributed by atoms with Crippen molar-refractivity contribution >= 4 is 27.9 Å². The minimum Gasteiger partial charge on any atom is -0.465 e. The summed E-state index contributed by atoms with van der Waals surface area (Å²) in [6, 6.07) is 5.85. The number of amides is 3. The average molecular weight is 453 g/mol. The second-order valence-electron chi connectivity index (χ2n) is 7.51. The SMILES string of the molecule is CCOC(=O)CN1CCN(C(=O)NS(=O)(=O)c2ccccc2)C(C(=O)N2CCCC2)C1. The Morgan fingerprint density at radius 3 is 2.39 bits per heavy atom. The van der Waals surface area contributed by atoms with Gasteiger partial charge >= 0.3 is 12.0 Å². The molecule has 3 amide bonds. The number of hydrogen-bond donors (Lipinski definition) is 1. The van der Waals surface area contributed by atoms with Crippen LogP contribution >= 0.6 is 0 Å². The molecule has 1 aromatic rings. The number of likely N-dealkylation sites (tertiary alicyclic amines) is 1. The van der Waals surface area contributed by atoms with E-state index in [-0.39, 0.29) is 37.0 Å². The maximum absolute atomic E-state index is 13.1. The Kier molecular flexibility index (Phi) is 7.50. The van der Waals surface area contributed by atoms with E-state index in [1.807, 2.05) is 0 Å². The van der Waals surface area contributed by atoms with Crippen molar-refractivity contribution in [2.75, 3.05) is 45.9 Å². The number of carbonyl (C=O) groups is 3. The summed E-state index contributed by atoms with van der Waals surface area (Å²) >= 11 is 0. The van der Waals surface area contributed by atoms with Gasteiger partial charge in [0.25, 0.3) is 10.0 Å².